The van der Waals surface area contributed by atoms with Crippen molar-refractivity contribution in [3.05, 3.63) is 53.7 Å². The number of rotatable bonds is 7. The summed E-state index contributed by atoms with van der Waals surface area (Å²) in [6.45, 7) is 2.57. The molecular weight excluding hydrogens is 370 g/mol. The molecule has 2 rings (SSSR count). The molecule has 0 saturated carbocycles. The maximum atomic E-state index is 12.3. The van der Waals surface area contributed by atoms with Gasteiger partial charge in [-0.2, -0.15) is 0 Å². The molecule has 0 aliphatic heterocycles. The van der Waals surface area contributed by atoms with E-state index in [1.807, 2.05) is 31.2 Å². The van der Waals surface area contributed by atoms with E-state index in [4.69, 9.17) is 0 Å². The standard InChI is InChI=1S/C18H23N3O3S2/c1-14-5-7-15(8-6-14)12-21(4)18(22)13-25-17-10-9-16(11-19-17)26(23,24)20(2)3/h5-11H,12-13H2,1-4H3. The van der Waals surface area contributed by atoms with E-state index < -0.39 is 10.0 Å². The minimum Gasteiger partial charge on any atom is -0.341 e. The van der Waals surface area contributed by atoms with Gasteiger partial charge < -0.3 is 4.90 Å². The van der Waals surface area contributed by atoms with Crippen LogP contribution < -0.4 is 0 Å². The average molecular weight is 394 g/mol. The van der Waals surface area contributed by atoms with E-state index in [1.165, 1.54) is 43.7 Å². The van der Waals surface area contributed by atoms with Crippen LogP contribution in [0.1, 0.15) is 11.1 Å². The number of aryl methyl sites for hydroxylation is 1. The van der Waals surface area contributed by atoms with Crippen LogP contribution in [0, 0.1) is 6.92 Å². The van der Waals surface area contributed by atoms with Crippen molar-refractivity contribution in [2.75, 3.05) is 26.9 Å². The Morgan fingerprint density at radius 2 is 1.73 bits per heavy atom. The summed E-state index contributed by atoms with van der Waals surface area (Å²) >= 11 is 1.29. The van der Waals surface area contributed by atoms with Crippen LogP contribution in [-0.4, -0.2) is 55.4 Å². The highest BCUT2D eigenvalue weighted by molar-refractivity contribution is 7.99. The number of hydrogen-bond donors (Lipinski definition) is 0. The van der Waals surface area contributed by atoms with Crippen LogP contribution >= 0.6 is 11.8 Å². The van der Waals surface area contributed by atoms with Crippen molar-refractivity contribution in [3.63, 3.8) is 0 Å². The molecule has 0 aliphatic carbocycles. The van der Waals surface area contributed by atoms with Gasteiger partial charge in [0.05, 0.1) is 10.8 Å². The van der Waals surface area contributed by atoms with Gasteiger partial charge in [-0.3, -0.25) is 4.79 Å². The minimum atomic E-state index is -3.49. The van der Waals surface area contributed by atoms with Crippen LogP contribution in [0.15, 0.2) is 52.5 Å². The monoisotopic (exact) mass is 393 g/mol. The predicted molar refractivity (Wildman–Crippen MR) is 103 cm³/mol. The first-order valence-electron chi connectivity index (χ1n) is 8.01. The van der Waals surface area contributed by atoms with E-state index in [0.29, 0.717) is 11.6 Å². The Labute approximate surface area is 159 Å². The predicted octanol–water partition coefficient (Wildman–Crippen LogP) is 2.39. The smallest absolute Gasteiger partial charge is 0.244 e. The van der Waals surface area contributed by atoms with Crippen molar-refractivity contribution in [1.82, 2.24) is 14.2 Å². The normalized spacial score (nSPS) is 11.6. The zero-order chi connectivity index (χ0) is 19.3. The number of sulfonamides is 1. The van der Waals surface area contributed by atoms with E-state index >= 15 is 0 Å². The third-order valence-corrected chi connectivity index (χ3v) is 6.52. The summed E-state index contributed by atoms with van der Waals surface area (Å²) in [6.07, 6.45) is 1.32. The highest BCUT2D eigenvalue weighted by Crippen LogP contribution is 2.19. The first kappa shape index (κ1) is 20.4. The van der Waals surface area contributed by atoms with E-state index in [-0.39, 0.29) is 16.6 Å². The lowest BCUT2D eigenvalue weighted by atomic mass is 10.1. The number of hydrogen-bond acceptors (Lipinski definition) is 5. The summed E-state index contributed by atoms with van der Waals surface area (Å²) in [6, 6.07) is 11.2. The topological polar surface area (TPSA) is 70.6 Å². The molecule has 1 aromatic heterocycles. The van der Waals surface area contributed by atoms with Crippen molar-refractivity contribution in [2.45, 2.75) is 23.4 Å². The molecule has 8 heteroatoms. The minimum absolute atomic E-state index is 0.0117. The van der Waals surface area contributed by atoms with Crippen LogP contribution in [-0.2, 0) is 21.4 Å². The van der Waals surface area contributed by atoms with Crippen molar-refractivity contribution >= 4 is 27.7 Å². The molecule has 0 fully saturated rings. The number of carbonyl (C=O) groups excluding carboxylic acids is 1. The van der Waals surface area contributed by atoms with E-state index in [2.05, 4.69) is 4.98 Å². The van der Waals surface area contributed by atoms with Crippen LogP contribution in [0.5, 0.6) is 0 Å². The zero-order valence-electron chi connectivity index (χ0n) is 15.3. The molecule has 2 aromatic rings. The second kappa shape index (κ2) is 8.66. The van der Waals surface area contributed by atoms with Gasteiger partial charge in [0, 0.05) is 33.9 Å². The van der Waals surface area contributed by atoms with Gasteiger partial charge in [0.1, 0.15) is 4.90 Å². The first-order chi connectivity index (χ1) is 12.2. The fourth-order valence-electron chi connectivity index (χ4n) is 2.12. The number of benzene rings is 1. The SMILES string of the molecule is Cc1ccc(CN(C)C(=O)CSc2ccc(S(=O)(=O)N(C)C)cn2)cc1. The van der Waals surface area contributed by atoms with Gasteiger partial charge in [0.15, 0.2) is 0 Å². The molecule has 26 heavy (non-hydrogen) atoms. The second-order valence-electron chi connectivity index (χ2n) is 6.14. The van der Waals surface area contributed by atoms with Crippen LogP contribution in [0.25, 0.3) is 0 Å². The molecular formula is C18H23N3O3S2. The summed E-state index contributed by atoms with van der Waals surface area (Å²) < 4.78 is 25.2. The van der Waals surface area contributed by atoms with Crippen molar-refractivity contribution in [1.29, 1.82) is 0 Å². The fourth-order valence-corrected chi connectivity index (χ4v) is 3.75. The van der Waals surface area contributed by atoms with Crippen LogP contribution in [0.4, 0.5) is 0 Å². The first-order valence-corrected chi connectivity index (χ1v) is 10.4. The maximum absolute atomic E-state index is 12.3. The Hall–Kier alpha value is -1.90. The summed E-state index contributed by atoms with van der Waals surface area (Å²) in [7, 11) is 1.22. The molecule has 6 nitrogen and oxygen atoms in total. The molecule has 1 heterocycles. The number of carbonyl (C=O) groups is 1. The largest absolute Gasteiger partial charge is 0.341 e. The second-order valence-corrected chi connectivity index (χ2v) is 9.29. The van der Waals surface area contributed by atoms with Crippen molar-refractivity contribution in [3.8, 4) is 0 Å². The summed E-state index contributed by atoms with van der Waals surface area (Å²) in [5, 5.41) is 0.611. The summed E-state index contributed by atoms with van der Waals surface area (Å²) in [5.41, 5.74) is 2.26. The molecule has 1 aromatic carbocycles. The van der Waals surface area contributed by atoms with E-state index in [0.717, 1.165) is 9.87 Å². The average Bonchev–Trinajstić information content (AvgIpc) is 2.61. The number of pyridine rings is 1. The summed E-state index contributed by atoms with van der Waals surface area (Å²) in [4.78, 5) is 18.2. The lowest BCUT2D eigenvalue weighted by molar-refractivity contribution is -0.127. The number of thioether (sulfide) groups is 1. The van der Waals surface area contributed by atoms with Crippen LogP contribution in [0.2, 0.25) is 0 Å². The van der Waals surface area contributed by atoms with Gasteiger partial charge in [0.25, 0.3) is 0 Å². The molecule has 0 bridgehead atoms. The molecule has 0 atom stereocenters. The Bertz CT molecular complexity index is 848. The molecule has 140 valence electrons. The summed E-state index contributed by atoms with van der Waals surface area (Å²) in [5.74, 6) is 0.233. The number of amides is 1. The highest BCUT2D eigenvalue weighted by atomic mass is 32.2. The van der Waals surface area contributed by atoms with Crippen LogP contribution in [0.3, 0.4) is 0 Å². The third-order valence-electron chi connectivity index (χ3n) is 3.80. The quantitative estimate of drug-likeness (QED) is 0.676. The molecule has 0 unspecified atom stereocenters. The zero-order valence-corrected chi connectivity index (χ0v) is 17.0. The molecule has 0 aliphatic rings. The lowest BCUT2D eigenvalue weighted by Gasteiger charge is -2.17. The van der Waals surface area contributed by atoms with E-state index in [9.17, 15) is 13.2 Å². The maximum Gasteiger partial charge on any atom is 0.244 e. The Morgan fingerprint density at radius 1 is 1.08 bits per heavy atom. The van der Waals surface area contributed by atoms with Gasteiger partial charge >= 0.3 is 0 Å². The highest BCUT2D eigenvalue weighted by Gasteiger charge is 2.17. The fraction of sp³-hybridized carbons (Fsp3) is 0.333. The van der Waals surface area contributed by atoms with E-state index in [1.54, 1.807) is 18.0 Å². The molecule has 0 radical (unpaired) electrons. The van der Waals surface area contributed by atoms with Crippen molar-refractivity contribution in [2.24, 2.45) is 0 Å². The van der Waals surface area contributed by atoms with Gasteiger partial charge in [-0.25, -0.2) is 17.7 Å². The van der Waals surface area contributed by atoms with Gasteiger partial charge in [0.2, 0.25) is 15.9 Å². The number of nitrogens with zero attached hydrogens (tertiary/aromatic N) is 3. The Morgan fingerprint density at radius 3 is 2.27 bits per heavy atom. The lowest BCUT2D eigenvalue weighted by Crippen LogP contribution is -2.27. The van der Waals surface area contributed by atoms with Gasteiger partial charge in [-0.05, 0) is 24.6 Å². The van der Waals surface area contributed by atoms with Gasteiger partial charge in [-0.1, -0.05) is 41.6 Å². The number of aromatic nitrogens is 1. The molecule has 0 spiro atoms. The molecule has 0 N–H and O–H groups in total. The third kappa shape index (κ3) is 5.30. The van der Waals surface area contributed by atoms with Crippen molar-refractivity contribution < 1.29 is 13.2 Å². The molecule has 1 amide bonds. The van der Waals surface area contributed by atoms with Gasteiger partial charge in [-0.15, -0.1) is 0 Å². The molecule has 0 saturated heterocycles. The Balaban J connectivity index is 1.91. The Kier molecular flexibility index (Phi) is 6.80.